The molecule has 0 unspecified atom stereocenters. The van der Waals surface area contributed by atoms with Crippen LogP contribution >= 0.6 is 27.3 Å². The Morgan fingerprint density at radius 1 is 1.03 bits per heavy atom. The van der Waals surface area contributed by atoms with Crippen molar-refractivity contribution in [3.8, 4) is 5.88 Å². The summed E-state index contributed by atoms with van der Waals surface area (Å²) < 4.78 is 2.63. The molecular formula is C23H24BrN5OS. The maximum absolute atomic E-state index is 11.1. The average molecular weight is 498 g/mol. The Balaban J connectivity index is 1.48. The molecule has 1 aliphatic rings. The molecule has 2 aromatic heterocycles. The number of anilines is 1. The van der Waals surface area contributed by atoms with Gasteiger partial charge in [-0.2, -0.15) is 4.52 Å². The van der Waals surface area contributed by atoms with Gasteiger partial charge in [0, 0.05) is 42.8 Å². The van der Waals surface area contributed by atoms with E-state index in [2.05, 4.69) is 90.4 Å². The fraction of sp³-hybridized carbons (Fsp3) is 0.304. The lowest BCUT2D eigenvalue weighted by Gasteiger charge is -2.40. The molecule has 0 amide bonds. The molecule has 0 radical (unpaired) electrons. The summed E-state index contributed by atoms with van der Waals surface area (Å²) in [6.07, 6.45) is 0.751. The van der Waals surface area contributed by atoms with Crippen molar-refractivity contribution < 1.29 is 5.11 Å². The predicted molar refractivity (Wildman–Crippen MR) is 128 cm³/mol. The van der Waals surface area contributed by atoms with Crippen LogP contribution in [-0.2, 0) is 6.42 Å². The molecule has 0 aliphatic carbocycles. The zero-order valence-electron chi connectivity index (χ0n) is 17.3. The highest BCUT2D eigenvalue weighted by Gasteiger charge is 2.31. The first kappa shape index (κ1) is 20.5. The third kappa shape index (κ3) is 3.95. The van der Waals surface area contributed by atoms with E-state index in [1.54, 1.807) is 4.52 Å². The van der Waals surface area contributed by atoms with Crippen LogP contribution in [0.15, 0.2) is 59.1 Å². The molecule has 1 fully saturated rings. The standard InChI is InChI=1S/C23H24BrN5OS/c1-2-19-25-23-29(26-19)22(30)21(31-23)20(16-8-10-17(24)11-9-16)28-14-12-27(13-15-28)18-6-4-3-5-7-18/h3-11,20,30H,2,12-15H2,1H3/t20-/m0/s1. The molecule has 31 heavy (non-hydrogen) atoms. The summed E-state index contributed by atoms with van der Waals surface area (Å²) in [6, 6.07) is 18.9. The minimum absolute atomic E-state index is 0.0374. The summed E-state index contributed by atoms with van der Waals surface area (Å²) in [5, 5.41) is 15.5. The number of rotatable bonds is 5. The molecule has 8 heteroatoms. The lowest BCUT2D eigenvalue weighted by Crippen LogP contribution is -2.47. The predicted octanol–water partition coefficient (Wildman–Crippen LogP) is 4.73. The highest BCUT2D eigenvalue weighted by molar-refractivity contribution is 9.10. The third-order valence-electron chi connectivity index (χ3n) is 5.79. The van der Waals surface area contributed by atoms with Crippen molar-refractivity contribution >= 4 is 37.9 Å². The van der Waals surface area contributed by atoms with E-state index in [1.165, 1.54) is 17.0 Å². The zero-order chi connectivity index (χ0) is 21.4. The Kier molecular flexibility index (Phi) is 5.69. The molecule has 1 saturated heterocycles. The molecule has 3 heterocycles. The van der Waals surface area contributed by atoms with Crippen molar-refractivity contribution in [3.63, 3.8) is 0 Å². The maximum Gasteiger partial charge on any atom is 0.230 e. The summed E-state index contributed by atoms with van der Waals surface area (Å²) in [7, 11) is 0. The number of benzene rings is 2. The normalized spacial score (nSPS) is 16.1. The van der Waals surface area contributed by atoms with Gasteiger partial charge in [0.2, 0.25) is 10.8 Å². The maximum atomic E-state index is 11.1. The number of aromatic nitrogens is 3. The monoisotopic (exact) mass is 497 g/mol. The largest absolute Gasteiger partial charge is 0.492 e. The van der Waals surface area contributed by atoms with Crippen molar-refractivity contribution in [3.05, 3.63) is 75.3 Å². The highest BCUT2D eigenvalue weighted by Crippen LogP contribution is 2.40. The summed E-state index contributed by atoms with van der Waals surface area (Å²) in [5.74, 6) is 0.954. The van der Waals surface area contributed by atoms with Crippen LogP contribution in [0.1, 0.15) is 29.2 Å². The Hall–Kier alpha value is -2.42. The Morgan fingerprint density at radius 2 is 1.74 bits per heavy atom. The van der Waals surface area contributed by atoms with E-state index in [9.17, 15) is 5.11 Å². The van der Waals surface area contributed by atoms with Crippen molar-refractivity contribution in [2.75, 3.05) is 31.1 Å². The molecule has 5 rings (SSSR count). The second-order valence-electron chi connectivity index (χ2n) is 7.68. The average Bonchev–Trinajstić information content (AvgIpc) is 3.35. The first-order chi connectivity index (χ1) is 15.1. The topological polar surface area (TPSA) is 56.9 Å². The van der Waals surface area contributed by atoms with Gasteiger partial charge in [-0.3, -0.25) is 4.90 Å². The second-order valence-corrected chi connectivity index (χ2v) is 9.60. The number of nitrogens with zero attached hydrogens (tertiary/aromatic N) is 5. The van der Waals surface area contributed by atoms with Gasteiger partial charge in [0.25, 0.3) is 0 Å². The number of aryl methyl sites for hydroxylation is 1. The van der Waals surface area contributed by atoms with Crippen LogP contribution in [-0.4, -0.2) is 50.8 Å². The third-order valence-corrected chi connectivity index (χ3v) is 7.40. The van der Waals surface area contributed by atoms with Crippen molar-refractivity contribution in [2.24, 2.45) is 0 Å². The van der Waals surface area contributed by atoms with Gasteiger partial charge in [-0.1, -0.05) is 64.5 Å². The molecular weight excluding hydrogens is 474 g/mol. The number of hydrogen-bond donors (Lipinski definition) is 1. The van der Waals surface area contributed by atoms with E-state index in [0.29, 0.717) is 0 Å². The molecule has 1 aliphatic heterocycles. The SMILES string of the molecule is CCc1nc2sc([C@H](c3ccc(Br)cc3)N3CCN(c4ccccc4)CC3)c(O)n2n1. The summed E-state index contributed by atoms with van der Waals surface area (Å²) >= 11 is 5.07. The Morgan fingerprint density at radius 3 is 2.39 bits per heavy atom. The van der Waals surface area contributed by atoms with Gasteiger partial charge < -0.3 is 10.0 Å². The molecule has 0 spiro atoms. The first-order valence-corrected chi connectivity index (χ1v) is 12.1. The van der Waals surface area contributed by atoms with Crippen molar-refractivity contribution in [2.45, 2.75) is 19.4 Å². The van der Waals surface area contributed by atoms with Crippen LogP contribution in [0.5, 0.6) is 5.88 Å². The van der Waals surface area contributed by atoms with Crippen LogP contribution in [0.3, 0.4) is 0 Å². The lowest BCUT2D eigenvalue weighted by molar-refractivity contribution is 0.211. The van der Waals surface area contributed by atoms with Crippen LogP contribution in [0.25, 0.3) is 4.96 Å². The van der Waals surface area contributed by atoms with E-state index in [1.807, 2.05) is 6.92 Å². The first-order valence-electron chi connectivity index (χ1n) is 10.5. The number of thiazole rings is 1. The number of halogens is 1. The van der Waals surface area contributed by atoms with E-state index in [0.717, 1.165) is 58.3 Å². The number of fused-ring (bicyclic) bond motifs is 1. The van der Waals surface area contributed by atoms with Crippen LogP contribution in [0.4, 0.5) is 5.69 Å². The quantitative estimate of drug-likeness (QED) is 0.431. The van der Waals surface area contributed by atoms with Crippen LogP contribution in [0.2, 0.25) is 0 Å². The van der Waals surface area contributed by atoms with Crippen LogP contribution in [0, 0.1) is 0 Å². The molecule has 0 bridgehead atoms. The van der Waals surface area contributed by atoms with Crippen molar-refractivity contribution in [1.29, 1.82) is 0 Å². The molecule has 1 N–H and O–H groups in total. The zero-order valence-corrected chi connectivity index (χ0v) is 19.7. The number of aromatic hydroxyl groups is 1. The van der Waals surface area contributed by atoms with Gasteiger partial charge in [-0.25, -0.2) is 4.98 Å². The van der Waals surface area contributed by atoms with Gasteiger partial charge >= 0.3 is 0 Å². The second kappa shape index (κ2) is 8.61. The van der Waals surface area contributed by atoms with Gasteiger partial charge in [-0.05, 0) is 29.8 Å². The van der Waals surface area contributed by atoms with E-state index < -0.39 is 0 Å². The van der Waals surface area contributed by atoms with Gasteiger partial charge in [0.1, 0.15) is 0 Å². The number of para-hydroxylation sites is 1. The summed E-state index contributed by atoms with van der Waals surface area (Å²) in [4.78, 5) is 11.1. The number of piperazine rings is 1. The van der Waals surface area contributed by atoms with Crippen LogP contribution < -0.4 is 4.90 Å². The van der Waals surface area contributed by atoms with E-state index in [-0.39, 0.29) is 11.9 Å². The molecule has 160 valence electrons. The molecule has 6 nitrogen and oxygen atoms in total. The fourth-order valence-electron chi connectivity index (χ4n) is 4.17. The van der Waals surface area contributed by atoms with Crippen molar-refractivity contribution in [1.82, 2.24) is 19.5 Å². The highest BCUT2D eigenvalue weighted by atomic mass is 79.9. The fourth-order valence-corrected chi connectivity index (χ4v) is 5.57. The summed E-state index contributed by atoms with van der Waals surface area (Å²) in [5.41, 5.74) is 2.42. The molecule has 2 aromatic carbocycles. The molecule has 1 atom stereocenters. The molecule has 4 aromatic rings. The lowest BCUT2D eigenvalue weighted by atomic mass is 10.0. The minimum atomic E-state index is -0.0374. The van der Waals surface area contributed by atoms with Gasteiger partial charge in [0.05, 0.1) is 10.9 Å². The number of hydrogen-bond acceptors (Lipinski definition) is 6. The summed E-state index contributed by atoms with van der Waals surface area (Å²) in [6.45, 7) is 5.72. The van der Waals surface area contributed by atoms with E-state index in [4.69, 9.17) is 0 Å². The Bertz CT molecular complexity index is 1170. The Labute approximate surface area is 193 Å². The van der Waals surface area contributed by atoms with Gasteiger partial charge in [-0.15, -0.1) is 5.10 Å². The molecule has 0 saturated carbocycles. The van der Waals surface area contributed by atoms with E-state index >= 15 is 0 Å². The van der Waals surface area contributed by atoms with Gasteiger partial charge in [0.15, 0.2) is 5.82 Å². The smallest absolute Gasteiger partial charge is 0.230 e. The minimum Gasteiger partial charge on any atom is -0.492 e.